The molecule has 0 aromatic heterocycles. The molecule has 3 N–H and O–H groups in total. The fraction of sp³-hybridized carbons (Fsp3) is 0.300. The lowest BCUT2D eigenvalue weighted by Crippen LogP contribution is -2.38. The van der Waals surface area contributed by atoms with Crippen LogP contribution in [-0.2, 0) is 0 Å². The average molecular weight is 229 g/mol. The molecule has 0 aliphatic carbocycles. The summed E-state index contributed by atoms with van der Waals surface area (Å²) in [6, 6.07) is 6.27. The molecule has 0 saturated carbocycles. The van der Waals surface area contributed by atoms with Crippen LogP contribution < -0.4 is 10.6 Å². The van der Waals surface area contributed by atoms with Crippen molar-refractivity contribution in [3.05, 3.63) is 29.3 Å². The number of para-hydroxylation sites is 1. The lowest BCUT2D eigenvalue weighted by atomic mass is 10.3. The minimum Gasteiger partial charge on any atom is -0.394 e. The van der Waals surface area contributed by atoms with Crippen LogP contribution in [0.3, 0.4) is 0 Å². The van der Waals surface area contributed by atoms with Crippen molar-refractivity contribution >= 4 is 23.3 Å². The molecule has 0 fully saturated rings. The Hall–Kier alpha value is -1.26. The zero-order chi connectivity index (χ0) is 11.3. The molecule has 0 radical (unpaired) electrons. The van der Waals surface area contributed by atoms with Crippen LogP contribution in [0.1, 0.15) is 6.92 Å². The summed E-state index contributed by atoms with van der Waals surface area (Å²) < 4.78 is 0. The Balaban J connectivity index is 2.55. The summed E-state index contributed by atoms with van der Waals surface area (Å²) in [6.45, 7) is 1.60. The highest BCUT2D eigenvalue weighted by Crippen LogP contribution is 2.19. The van der Waals surface area contributed by atoms with Gasteiger partial charge in [0, 0.05) is 0 Å². The Morgan fingerprint density at radius 1 is 1.53 bits per heavy atom. The summed E-state index contributed by atoms with van der Waals surface area (Å²) in [6.07, 6.45) is 0. The number of halogens is 1. The third-order valence-corrected chi connectivity index (χ3v) is 2.10. The molecule has 1 aromatic rings. The van der Waals surface area contributed by atoms with Gasteiger partial charge in [-0.1, -0.05) is 23.7 Å². The quantitative estimate of drug-likeness (QED) is 0.739. The third kappa shape index (κ3) is 3.77. The first-order valence-corrected chi connectivity index (χ1v) is 4.94. The van der Waals surface area contributed by atoms with Gasteiger partial charge in [-0.3, -0.25) is 0 Å². The molecule has 0 aliphatic heterocycles. The van der Waals surface area contributed by atoms with E-state index in [1.54, 1.807) is 31.2 Å². The zero-order valence-electron chi connectivity index (χ0n) is 8.33. The van der Waals surface area contributed by atoms with Gasteiger partial charge >= 0.3 is 6.03 Å². The van der Waals surface area contributed by atoms with Crippen molar-refractivity contribution in [1.29, 1.82) is 0 Å². The first-order valence-electron chi connectivity index (χ1n) is 4.56. The van der Waals surface area contributed by atoms with Crippen LogP contribution in [0, 0.1) is 0 Å². The van der Waals surface area contributed by atoms with E-state index in [1.807, 2.05) is 0 Å². The second kappa shape index (κ2) is 5.58. The van der Waals surface area contributed by atoms with Crippen molar-refractivity contribution in [3.8, 4) is 0 Å². The van der Waals surface area contributed by atoms with E-state index in [0.29, 0.717) is 10.7 Å². The highest BCUT2D eigenvalue weighted by atomic mass is 35.5. The molecule has 1 rings (SSSR count). The zero-order valence-corrected chi connectivity index (χ0v) is 9.08. The van der Waals surface area contributed by atoms with Gasteiger partial charge in [0.2, 0.25) is 0 Å². The maximum Gasteiger partial charge on any atom is 0.319 e. The van der Waals surface area contributed by atoms with Crippen molar-refractivity contribution in [3.63, 3.8) is 0 Å². The number of anilines is 1. The van der Waals surface area contributed by atoms with Gasteiger partial charge < -0.3 is 15.7 Å². The maximum atomic E-state index is 11.3. The number of carbonyl (C=O) groups is 1. The SMILES string of the molecule is CC(CO)NC(=O)Nc1ccccc1Cl. The molecular formula is C10H13ClN2O2. The van der Waals surface area contributed by atoms with Crippen LogP contribution in [0.25, 0.3) is 0 Å². The molecule has 0 bridgehead atoms. The fourth-order valence-electron chi connectivity index (χ4n) is 0.990. The second-order valence-electron chi connectivity index (χ2n) is 3.16. The van der Waals surface area contributed by atoms with Crippen molar-refractivity contribution < 1.29 is 9.90 Å². The summed E-state index contributed by atoms with van der Waals surface area (Å²) >= 11 is 5.85. The summed E-state index contributed by atoms with van der Waals surface area (Å²) in [7, 11) is 0. The molecule has 1 aromatic carbocycles. The van der Waals surface area contributed by atoms with E-state index in [2.05, 4.69) is 10.6 Å². The number of rotatable bonds is 3. The van der Waals surface area contributed by atoms with E-state index < -0.39 is 0 Å². The summed E-state index contributed by atoms with van der Waals surface area (Å²) in [5, 5.41) is 14.3. The molecular weight excluding hydrogens is 216 g/mol. The highest BCUT2D eigenvalue weighted by Gasteiger charge is 2.07. The van der Waals surface area contributed by atoms with Gasteiger partial charge in [-0.05, 0) is 19.1 Å². The Bertz CT molecular complexity index is 344. The van der Waals surface area contributed by atoms with Crippen LogP contribution in [0.2, 0.25) is 5.02 Å². The van der Waals surface area contributed by atoms with Crippen LogP contribution in [-0.4, -0.2) is 23.8 Å². The number of hydrogen-bond donors (Lipinski definition) is 3. The van der Waals surface area contributed by atoms with Gasteiger partial charge in [-0.15, -0.1) is 0 Å². The Kier molecular flexibility index (Phi) is 4.39. The van der Waals surface area contributed by atoms with Gasteiger partial charge in [0.05, 0.1) is 23.4 Å². The number of benzene rings is 1. The van der Waals surface area contributed by atoms with Gasteiger partial charge in [-0.25, -0.2) is 4.79 Å². The molecule has 0 heterocycles. The number of carbonyl (C=O) groups excluding carboxylic acids is 1. The number of hydrogen-bond acceptors (Lipinski definition) is 2. The van der Waals surface area contributed by atoms with Gasteiger partial charge in [0.1, 0.15) is 0 Å². The monoisotopic (exact) mass is 228 g/mol. The number of aliphatic hydroxyl groups excluding tert-OH is 1. The van der Waals surface area contributed by atoms with Crippen LogP contribution in [0.15, 0.2) is 24.3 Å². The van der Waals surface area contributed by atoms with Crippen LogP contribution in [0.4, 0.5) is 10.5 Å². The molecule has 1 unspecified atom stereocenters. The lowest BCUT2D eigenvalue weighted by Gasteiger charge is -2.12. The number of urea groups is 1. The van der Waals surface area contributed by atoms with E-state index in [0.717, 1.165) is 0 Å². The topological polar surface area (TPSA) is 61.4 Å². The molecule has 4 nitrogen and oxygen atoms in total. The van der Waals surface area contributed by atoms with Gasteiger partial charge in [-0.2, -0.15) is 0 Å². The van der Waals surface area contributed by atoms with Crippen molar-refractivity contribution in [2.45, 2.75) is 13.0 Å². The molecule has 5 heteroatoms. The summed E-state index contributed by atoms with van der Waals surface area (Å²) in [5.74, 6) is 0. The number of aliphatic hydroxyl groups is 1. The molecule has 1 atom stereocenters. The highest BCUT2D eigenvalue weighted by molar-refractivity contribution is 6.33. The summed E-state index contributed by atoms with van der Waals surface area (Å²) in [4.78, 5) is 11.3. The normalized spacial score (nSPS) is 11.9. The molecule has 2 amide bonds. The molecule has 0 spiro atoms. The second-order valence-corrected chi connectivity index (χ2v) is 3.57. The fourth-order valence-corrected chi connectivity index (χ4v) is 1.17. The van der Waals surface area contributed by atoms with E-state index in [1.165, 1.54) is 0 Å². The molecule has 82 valence electrons. The van der Waals surface area contributed by atoms with Gasteiger partial charge in [0.25, 0.3) is 0 Å². The minimum atomic E-state index is -0.385. The number of amides is 2. The van der Waals surface area contributed by atoms with Crippen molar-refractivity contribution in [1.82, 2.24) is 5.32 Å². The van der Waals surface area contributed by atoms with E-state index in [9.17, 15) is 4.79 Å². The first kappa shape index (κ1) is 11.8. The lowest BCUT2D eigenvalue weighted by molar-refractivity contribution is 0.229. The molecule has 0 saturated heterocycles. The Morgan fingerprint density at radius 2 is 2.20 bits per heavy atom. The van der Waals surface area contributed by atoms with E-state index in [4.69, 9.17) is 16.7 Å². The van der Waals surface area contributed by atoms with Crippen LogP contribution in [0.5, 0.6) is 0 Å². The van der Waals surface area contributed by atoms with E-state index in [-0.39, 0.29) is 18.7 Å². The average Bonchev–Trinajstić information content (AvgIpc) is 2.21. The van der Waals surface area contributed by atoms with E-state index >= 15 is 0 Å². The minimum absolute atomic E-state index is 0.101. The largest absolute Gasteiger partial charge is 0.394 e. The number of nitrogens with one attached hydrogen (secondary N) is 2. The van der Waals surface area contributed by atoms with Gasteiger partial charge in [0.15, 0.2) is 0 Å². The van der Waals surface area contributed by atoms with Crippen molar-refractivity contribution in [2.24, 2.45) is 0 Å². The Labute approximate surface area is 93.2 Å². The predicted molar refractivity (Wildman–Crippen MR) is 60.2 cm³/mol. The third-order valence-electron chi connectivity index (χ3n) is 1.77. The predicted octanol–water partition coefficient (Wildman–Crippen LogP) is 1.84. The first-order chi connectivity index (χ1) is 7.13. The molecule has 0 aliphatic rings. The summed E-state index contributed by atoms with van der Waals surface area (Å²) in [5.41, 5.74) is 0.543. The van der Waals surface area contributed by atoms with Crippen molar-refractivity contribution in [2.75, 3.05) is 11.9 Å². The maximum absolute atomic E-state index is 11.3. The smallest absolute Gasteiger partial charge is 0.319 e. The van der Waals surface area contributed by atoms with Crippen LogP contribution >= 0.6 is 11.6 Å². The molecule has 15 heavy (non-hydrogen) atoms. The standard InChI is InChI=1S/C10H13ClN2O2/c1-7(6-14)12-10(15)13-9-5-3-2-4-8(9)11/h2-5,7,14H,6H2,1H3,(H2,12,13,15). The Morgan fingerprint density at radius 3 is 2.80 bits per heavy atom.